The van der Waals surface area contributed by atoms with Gasteiger partial charge in [-0.15, -0.1) is 0 Å². The second-order valence-corrected chi connectivity index (χ2v) is 10.8. The molecule has 2 aliphatic rings. The van der Waals surface area contributed by atoms with Crippen molar-refractivity contribution in [2.45, 2.75) is 0 Å². The molecule has 0 amide bonds. The Bertz CT molecular complexity index is 2370. The largest absolute Gasteiger partial charge is 0.458 e. The Morgan fingerprint density at radius 2 is 1.30 bits per heavy atom. The van der Waals surface area contributed by atoms with Gasteiger partial charge < -0.3 is 13.9 Å². The van der Waals surface area contributed by atoms with Crippen LogP contribution in [0.5, 0.6) is 11.5 Å². The van der Waals surface area contributed by atoms with Crippen LogP contribution in [0.2, 0.25) is 0 Å². The standard InChI is InChI=1S/C35H20BN3O/c1-4-11-27-22(8-1)24-20-26-35-32(34(24)38(27)21-16-18-37-19-17-21)23-9-2-5-12-28(23)39(35)29-13-7-15-31-33(29)36(26)25-10-3-6-14-30(25)40-31/h1-20H. The van der Waals surface area contributed by atoms with E-state index in [4.69, 9.17) is 4.74 Å². The smallest absolute Gasteiger partial charge is 0.256 e. The SMILES string of the molecule is c1ccc2c(c1)Oc1cccc3c1B2c1cc2c4ccccc4n(-c4ccncc4)c2c2c4ccccc4n-3c12. The summed E-state index contributed by atoms with van der Waals surface area (Å²) in [5, 5.41) is 5.07. The van der Waals surface area contributed by atoms with Crippen molar-refractivity contribution < 1.29 is 4.74 Å². The van der Waals surface area contributed by atoms with Crippen LogP contribution in [0.3, 0.4) is 0 Å². The molecule has 0 atom stereocenters. The van der Waals surface area contributed by atoms with E-state index in [1.54, 1.807) is 0 Å². The third kappa shape index (κ3) is 2.37. The minimum absolute atomic E-state index is 0.0860. The molecule has 0 radical (unpaired) electrons. The van der Waals surface area contributed by atoms with Crippen LogP contribution in [0.25, 0.3) is 55.0 Å². The topological polar surface area (TPSA) is 32.0 Å². The molecular formula is C35H20BN3O. The normalized spacial score (nSPS) is 13.2. The highest BCUT2D eigenvalue weighted by molar-refractivity contribution is 6.99. The fraction of sp³-hybridized carbons (Fsp3) is 0. The first kappa shape index (κ1) is 20.6. The van der Waals surface area contributed by atoms with Gasteiger partial charge in [0.05, 0.1) is 22.1 Å². The van der Waals surface area contributed by atoms with Crippen LogP contribution in [0.4, 0.5) is 0 Å². The number of rotatable bonds is 1. The average Bonchev–Trinajstić information content (AvgIpc) is 3.53. The van der Waals surface area contributed by atoms with Gasteiger partial charge >= 0.3 is 0 Å². The summed E-state index contributed by atoms with van der Waals surface area (Å²) in [5.41, 5.74) is 11.0. The van der Waals surface area contributed by atoms with Gasteiger partial charge in [-0.1, -0.05) is 66.7 Å². The summed E-state index contributed by atoms with van der Waals surface area (Å²) >= 11 is 0. The van der Waals surface area contributed by atoms with Gasteiger partial charge in [0.1, 0.15) is 11.5 Å². The van der Waals surface area contributed by atoms with Crippen molar-refractivity contribution in [2.75, 3.05) is 0 Å². The molecule has 0 aliphatic carbocycles. The molecule has 0 saturated heterocycles. The Hall–Kier alpha value is -5.29. The summed E-state index contributed by atoms with van der Waals surface area (Å²) in [6.07, 6.45) is 3.76. The molecule has 5 aromatic carbocycles. The summed E-state index contributed by atoms with van der Waals surface area (Å²) < 4.78 is 11.4. The fourth-order valence-corrected chi connectivity index (χ4v) is 7.38. The average molecular weight is 509 g/mol. The minimum atomic E-state index is 0.0860. The van der Waals surface area contributed by atoms with Gasteiger partial charge in [-0.25, -0.2) is 0 Å². The molecule has 0 unspecified atom stereocenters. The lowest BCUT2D eigenvalue weighted by molar-refractivity contribution is 0.487. The van der Waals surface area contributed by atoms with Crippen molar-refractivity contribution >= 4 is 66.7 Å². The lowest BCUT2D eigenvalue weighted by atomic mass is 9.34. The van der Waals surface area contributed by atoms with Gasteiger partial charge in [0.2, 0.25) is 0 Å². The van der Waals surface area contributed by atoms with Crippen LogP contribution in [0.1, 0.15) is 0 Å². The van der Waals surface area contributed by atoms with E-state index in [2.05, 4.69) is 123 Å². The fourth-order valence-electron chi connectivity index (χ4n) is 7.38. The summed E-state index contributed by atoms with van der Waals surface area (Å²) in [5.74, 6) is 1.88. The number of hydrogen-bond acceptors (Lipinski definition) is 2. The number of benzene rings is 5. The van der Waals surface area contributed by atoms with E-state index in [-0.39, 0.29) is 6.71 Å². The van der Waals surface area contributed by atoms with Crippen molar-refractivity contribution in [3.63, 3.8) is 0 Å². The van der Waals surface area contributed by atoms with E-state index in [0.29, 0.717) is 0 Å². The molecule has 2 aliphatic heterocycles. The molecule has 0 saturated carbocycles. The maximum atomic E-state index is 6.52. The number of para-hydroxylation sites is 3. The predicted molar refractivity (Wildman–Crippen MR) is 164 cm³/mol. The lowest BCUT2D eigenvalue weighted by Gasteiger charge is -2.33. The molecule has 184 valence electrons. The molecule has 0 N–H and O–H groups in total. The molecule has 5 heterocycles. The van der Waals surface area contributed by atoms with Gasteiger partial charge in [0.25, 0.3) is 6.71 Å². The molecule has 0 fully saturated rings. The van der Waals surface area contributed by atoms with E-state index in [0.717, 1.165) is 17.2 Å². The molecule has 0 bridgehead atoms. The van der Waals surface area contributed by atoms with Crippen molar-refractivity contribution in [3.8, 4) is 22.9 Å². The second kappa shape index (κ2) is 7.22. The third-order valence-corrected chi connectivity index (χ3v) is 8.85. The Labute approximate surface area is 229 Å². The van der Waals surface area contributed by atoms with Gasteiger partial charge in [-0.05, 0) is 58.9 Å². The molecular weight excluding hydrogens is 489 g/mol. The molecule has 3 aromatic heterocycles. The second-order valence-electron chi connectivity index (χ2n) is 10.8. The number of ether oxygens (including phenoxy) is 1. The molecule has 4 nitrogen and oxygen atoms in total. The zero-order valence-corrected chi connectivity index (χ0v) is 21.4. The number of nitrogens with zero attached hydrogens (tertiary/aromatic N) is 3. The van der Waals surface area contributed by atoms with Crippen molar-refractivity contribution in [2.24, 2.45) is 0 Å². The maximum Gasteiger partial charge on any atom is 0.256 e. The minimum Gasteiger partial charge on any atom is -0.458 e. The van der Waals surface area contributed by atoms with Crippen molar-refractivity contribution in [1.29, 1.82) is 0 Å². The van der Waals surface area contributed by atoms with E-state index >= 15 is 0 Å². The molecule has 5 heteroatoms. The number of pyridine rings is 1. The Morgan fingerprint density at radius 3 is 2.17 bits per heavy atom. The summed E-state index contributed by atoms with van der Waals surface area (Å²) in [6.45, 7) is 0.0860. The van der Waals surface area contributed by atoms with E-state index in [9.17, 15) is 0 Å². The van der Waals surface area contributed by atoms with Crippen LogP contribution in [0, 0.1) is 0 Å². The molecule has 40 heavy (non-hydrogen) atoms. The monoisotopic (exact) mass is 509 g/mol. The first-order chi connectivity index (χ1) is 19.9. The first-order valence-corrected chi connectivity index (χ1v) is 13.7. The third-order valence-electron chi connectivity index (χ3n) is 8.85. The zero-order valence-electron chi connectivity index (χ0n) is 21.4. The van der Waals surface area contributed by atoms with Crippen LogP contribution in [0.15, 0.2) is 122 Å². The van der Waals surface area contributed by atoms with Crippen molar-refractivity contribution in [3.05, 3.63) is 122 Å². The number of hydrogen-bond donors (Lipinski definition) is 0. The van der Waals surface area contributed by atoms with Crippen LogP contribution >= 0.6 is 0 Å². The highest BCUT2D eigenvalue weighted by atomic mass is 16.5. The highest BCUT2D eigenvalue weighted by Crippen LogP contribution is 2.43. The molecule has 10 rings (SSSR count). The van der Waals surface area contributed by atoms with Gasteiger partial charge in [-0.3, -0.25) is 4.98 Å². The predicted octanol–water partition coefficient (Wildman–Crippen LogP) is 6.21. The quantitative estimate of drug-likeness (QED) is 0.247. The number of fused-ring (bicyclic) bond motifs is 11. The van der Waals surface area contributed by atoms with E-state index in [1.807, 2.05) is 12.4 Å². The van der Waals surface area contributed by atoms with Crippen molar-refractivity contribution in [1.82, 2.24) is 14.1 Å². The van der Waals surface area contributed by atoms with E-state index in [1.165, 1.54) is 65.7 Å². The Balaban J connectivity index is 1.51. The summed E-state index contributed by atoms with van der Waals surface area (Å²) in [4.78, 5) is 4.32. The number of aromatic nitrogens is 3. The maximum absolute atomic E-state index is 6.52. The molecule has 8 aromatic rings. The van der Waals surface area contributed by atoms with Gasteiger partial charge in [0, 0.05) is 45.3 Å². The Morgan fingerprint density at radius 1 is 0.575 bits per heavy atom. The first-order valence-electron chi connectivity index (χ1n) is 13.7. The lowest BCUT2D eigenvalue weighted by Crippen LogP contribution is -2.58. The van der Waals surface area contributed by atoms with Crippen LogP contribution in [-0.4, -0.2) is 20.8 Å². The van der Waals surface area contributed by atoms with Crippen LogP contribution in [-0.2, 0) is 0 Å². The zero-order chi connectivity index (χ0) is 25.9. The highest BCUT2D eigenvalue weighted by Gasteiger charge is 2.41. The van der Waals surface area contributed by atoms with E-state index < -0.39 is 0 Å². The van der Waals surface area contributed by atoms with Gasteiger partial charge in [0.15, 0.2) is 0 Å². The van der Waals surface area contributed by atoms with Gasteiger partial charge in [-0.2, -0.15) is 0 Å². The molecule has 0 spiro atoms. The summed E-state index contributed by atoms with van der Waals surface area (Å²) in [7, 11) is 0. The summed E-state index contributed by atoms with van der Waals surface area (Å²) in [6, 6.07) is 39.3. The van der Waals surface area contributed by atoms with Crippen LogP contribution < -0.4 is 21.1 Å². The Kier molecular flexibility index (Phi) is 3.73.